The van der Waals surface area contributed by atoms with Gasteiger partial charge in [0.05, 0.1) is 0 Å². The minimum atomic E-state index is -0.0743. The summed E-state index contributed by atoms with van der Waals surface area (Å²) in [6.45, 7) is 8.18. The number of nitrogens with one attached hydrogen (secondary N) is 1. The second-order valence-electron chi connectivity index (χ2n) is 7.61. The number of carbonyl (C=O) groups is 2. The van der Waals surface area contributed by atoms with E-state index in [0.29, 0.717) is 18.2 Å². The minimum absolute atomic E-state index is 0.0393. The van der Waals surface area contributed by atoms with Gasteiger partial charge in [-0.2, -0.15) is 0 Å². The lowest BCUT2D eigenvalue weighted by Crippen LogP contribution is -2.49. The first-order valence-corrected chi connectivity index (χ1v) is 10.6. The second kappa shape index (κ2) is 12.8. The quantitative estimate of drug-likeness (QED) is 0.625. The van der Waals surface area contributed by atoms with E-state index in [-0.39, 0.29) is 17.2 Å². The SMILES string of the molecule is CC(=O)SC[C@H](Cc1ccccc1)NC(=O)N(CCC(C)C)CCN(C)C. The first-order chi connectivity index (χ1) is 12.8. The zero-order chi connectivity index (χ0) is 20.2. The first-order valence-electron chi connectivity index (χ1n) is 9.65. The van der Waals surface area contributed by atoms with E-state index in [1.807, 2.05) is 37.2 Å². The molecule has 0 heterocycles. The van der Waals surface area contributed by atoms with Crippen molar-refractivity contribution < 1.29 is 9.59 Å². The van der Waals surface area contributed by atoms with E-state index in [0.717, 1.165) is 31.5 Å². The number of carbonyl (C=O) groups excluding carboxylic acids is 2. The summed E-state index contributed by atoms with van der Waals surface area (Å²) >= 11 is 1.27. The van der Waals surface area contributed by atoms with Crippen LogP contribution in [0.15, 0.2) is 30.3 Å². The molecule has 0 fully saturated rings. The summed E-state index contributed by atoms with van der Waals surface area (Å²) in [7, 11) is 4.03. The van der Waals surface area contributed by atoms with Gasteiger partial charge >= 0.3 is 6.03 Å². The monoisotopic (exact) mass is 393 g/mol. The van der Waals surface area contributed by atoms with Gasteiger partial charge in [-0.1, -0.05) is 55.9 Å². The van der Waals surface area contributed by atoms with E-state index in [2.05, 4.69) is 36.2 Å². The van der Waals surface area contributed by atoms with Gasteiger partial charge in [0.2, 0.25) is 0 Å². The maximum atomic E-state index is 12.9. The lowest BCUT2D eigenvalue weighted by molar-refractivity contribution is -0.109. The predicted octanol–water partition coefficient (Wildman–Crippen LogP) is 3.50. The Labute approximate surface area is 168 Å². The molecule has 0 aliphatic carbocycles. The molecule has 0 aliphatic rings. The van der Waals surface area contributed by atoms with E-state index < -0.39 is 0 Å². The first kappa shape index (κ1) is 23.5. The van der Waals surface area contributed by atoms with Gasteiger partial charge in [0.15, 0.2) is 5.12 Å². The Morgan fingerprint density at radius 2 is 1.74 bits per heavy atom. The van der Waals surface area contributed by atoms with Crippen LogP contribution in [0.3, 0.4) is 0 Å². The molecule has 1 rings (SSSR count). The molecule has 2 amide bonds. The van der Waals surface area contributed by atoms with Gasteiger partial charge in [-0.15, -0.1) is 0 Å². The normalized spacial score (nSPS) is 12.3. The minimum Gasteiger partial charge on any atom is -0.334 e. The standard InChI is InChI=1S/C21H35N3O2S/c1-17(2)11-12-24(14-13-23(4)5)21(26)22-20(16-27-18(3)25)15-19-9-7-6-8-10-19/h6-10,17,20H,11-16H2,1-5H3,(H,22,26)/t20-/m0/s1. The van der Waals surface area contributed by atoms with Crippen LogP contribution in [0.5, 0.6) is 0 Å². The molecule has 0 spiro atoms. The molecule has 1 aromatic rings. The van der Waals surface area contributed by atoms with Crippen LogP contribution in [0.1, 0.15) is 32.8 Å². The molecule has 1 aromatic carbocycles. The van der Waals surface area contributed by atoms with Crippen LogP contribution in [-0.2, 0) is 11.2 Å². The van der Waals surface area contributed by atoms with Crippen molar-refractivity contribution in [3.05, 3.63) is 35.9 Å². The molecule has 152 valence electrons. The van der Waals surface area contributed by atoms with Gasteiger partial charge in [0.1, 0.15) is 0 Å². The zero-order valence-corrected chi connectivity index (χ0v) is 18.2. The summed E-state index contributed by atoms with van der Waals surface area (Å²) in [6, 6.07) is 9.98. The summed E-state index contributed by atoms with van der Waals surface area (Å²) in [6.07, 6.45) is 1.70. The Bertz CT molecular complexity index is 552. The summed E-state index contributed by atoms with van der Waals surface area (Å²) in [5.74, 6) is 1.13. The molecular formula is C21H35N3O2S. The number of hydrogen-bond acceptors (Lipinski definition) is 4. The van der Waals surface area contributed by atoms with E-state index in [4.69, 9.17) is 0 Å². The number of likely N-dealkylation sites (N-methyl/N-ethyl adjacent to an activating group) is 1. The van der Waals surface area contributed by atoms with Crippen molar-refractivity contribution in [2.75, 3.05) is 39.5 Å². The van der Waals surface area contributed by atoms with E-state index in [1.54, 1.807) is 6.92 Å². The van der Waals surface area contributed by atoms with Crippen LogP contribution in [0.4, 0.5) is 4.79 Å². The third-order valence-electron chi connectivity index (χ3n) is 4.22. The third-order valence-corrected chi connectivity index (χ3v) is 5.20. The Morgan fingerprint density at radius 1 is 1.07 bits per heavy atom. The lowest BCUT2D eigenvalue weighted by atomic mass is 10.1. The van der Waals surface area contributed by atoms with Crippen LogP contribution < -0.4 is 5.32 Å². The van der Waals surface area contributed by atoms with Gasteiger partial charge < -0.3 is 15.1 Å². The van der Waals surface area contributed by atoms with Crippen LogP contribution in [0.2, 0.25) is 0 Å². The van der Waals surface area contributed by atoms with Crippen molar-refractivity contribution >= 4 is 22.9 Å². The number of benzene rings is 1. The fraction of sp³-hybridized carbons (Fsp3) is 0.619. The van der Waals surface area contributed by atoms with E-state index in [9.17, 15) is 9.59 Å². The molecule has 0 saturated carbocycles. The molecule has 0 aliphatic heterocycles. The number of urea groups is 1. The number of hydrogen-bond donors (Lipinski definition) is 1. The molecule has 0 radical (unpaired) electrons. The summed E-state index contributed by atoms with van der Waals surface area (Å²) in [5.41, 5.74) is 1.16. The molecular weight excluding hydrogens is 358 g/mol. The molecule has 6 heteroatoms. The predicted molar refractivity (Wildman–Crippen MR) is 115 cm³/mol. The van der Waals surface area contributed by atoms with Crippen LogP contribution in [-0.4, -0.2) is 66.5 Å². The Kier molecular flexibility index (Phi) is 11.1. The summed E-state index contributed by atoms with van der Waals surface area (Å²) in [4.78, 5) is 28.3. The highest BCUT2D eigenvalue weighted by Crippen LogP contribution is 2.11. The highest BCUT2D eigenvalue weighted by atomic mass is 32.2. The van der Waals surface area contributed by atoms with E-state index >= 15 is 0 Å². The van der Waals surface area contributed by atoms with Crippen LogP contribution in [0, 0.1) is 5.92 Å². The van der Waals surface area contributed by atoms with Gasteiger partial charge in [-0.05, 0) is 38.4 Å². The van der Waals surface area contributed by atoms with Crippen molar-refractivity contribution in [3.63, 3.8) is 0 Å². The fourth-order valence-corrected chi connectivity index (χ4v) is 3.22. The molecule has 5 nitrogen and oxygen atoms in total. The lowest BCUT2D eigenvalue weighted by Gasteiger charge is -2.28. The van der Waals surface area contributed by atoms with Gasteiger partial charge in [0.25, 0.3) is 0 Å². The van der Waals surface area contributed by atoms with Crippen molar-refractivity contribution in [2.45, 2.75) is 39.7 Å². The molecule has 0 aromatic heterocycles. The van der Waals surface area contributed by atoms with Crippen molar-refractivity contribution in [1.82, 2.24) is 15.1 Å². The average Bonchev–Trinajstić information content (AvgIpc) is 2.60. The average molecular weight is 394 g/mol. The Morgan fingerprint density at radius 3 is 2.30 bits per heavy atom. The molecule has 1 atom stereocenters. The number of nitrogens with zero attached hydrogens (tertiary/aromatic N) is 2. The largest absolute Gasteiger partial charge is 0.334 e. The maximum Gasteiger partial charge on any atom is 0.317 e. The smallest absolute Gasteiger partial charge is 0.317 e. The molecule has 1 N–H and O–H groups in total. The highest BCUT2D eigenvalue weighted by Gasteiger charge is 2.19. The number of rotatable bonds is 11. The second-order valence-corrected chi connectivity index (χ2v) is 8.81. The maximum absolute atomic E-state index is 12.9. The summed E-state index contributed by atoms with van der Waals surface area (Å²) in [5, 5.41) is 3.24. The van der Waals surface area contributed by atoms with Gasteiger partial charge in [-0.3, -0.25) is 4.79 Å². The number of thioether (sulfide) groups is 1. The Hall–Kier alpha value is -1.53. The van der Waals surface area contributed by atoms with Crippen LogP contribution >= 0.6 is 11.8 Å². The molecule has 0 unspecified atom stereocenters. The fourth-order valence-electron chi connectivity index (χ4n) is 2.58. The van der Waals surface area contributed by atoms with Crippen molar-refractivity contribution in [3.8, 4) is 0 Å². The topological polar surface area (TPSA) is 52.7 Å². The van der Waals surface area contributed by atoms with Crippen molar-refractivity contribution in [1.29, 1.82) is 0 Å². The summed E-state index contributed by atoms with van der Waals surface area (Å²) < 4.78 is 0. The third kappa shape index (κ3) is 11.0. The van der Waals surface area contributed by atoms with Gasteiger partial charge in [0, 0.05) is 38.4 Å². The Balaban J connectivity index is 2.76. The van der Waals surface area contributed by atoms with Gasteiger partial charge in [-0.25, -0.2) is 4.79 Å². The molecule has 0 bridgehead atoms. The number of amides is 2. The molecule has 0 saturated heterocycles. The van der Waals surface area contributed by atoms with E-state index in [1.165, 1.54) is 11.8 Å². The van der Waals surface area contributed by atoms with Crippen LogP contribution in [0.25, 0.3) is 0 Å². The zero-order valence-electron chi connectivity index (χ0n) is 17.4. The highest BCUT2D eigenvalue weighted by molar-refractivity contribution is 8.13. The molecule has 27 heavy (non-hydrogen) atoms. The van der Waals surface area contributed by atoms with Crippen molar-refractivity contribution in [2.24, 2.45) is 5.92 Å².